The molecule has 1 aromatic heterocycles. The van der Waals surface area contributed by atoms with Crippen molar-refractivity contribution >= 4 is 23.2 Å². The van der Waals surface area contributed by atoms with E-state index in [9.17, 15) is 0 Å². The Morgan fingerprint density at radius 3 is 2.57 bits per heavy atom. The topological polar surface area (TPSA) is 56.9 Å². The molecule has 28 heavy (non-hydrogen) atoms. The fourth-order valence-corrected chi connectivity index (χ4v) is 4.12. The maximum absolute atomic E-state index is 6.20. The van der Waals surface area contributed by atoms with Crippen molar-refractivity contribution in [3.63, 3.8) is 0 Å². The van der Waals surface area contributed by atoms with Crippen LogP contribution in [0.25, 0.3) is 0 Å². The first kappa shape index (κ1) is 20.5. The summed E-state index contributed by atoms with van der Waals surface area (Å²) in [5, 5.41) is 8.38. The molecule has 152 valence electrons. The first-order valence-electron chi connectivity index (χ1n) is 9.80. The van der Waals surface area contributed by atoms with Crippen LogP contribution in [0.2, 0.25) is 5.02 Å². The maximum atomic E-state index is 6.20. The highest BCUT2D eigenvalue weighted by molar-refractivity contribution is 6.30. The van der Waals surface area contributed by atoms with Gasteiger partial charge in [0.05, 0.1) is 5.69 Å². The lowest BCUT2D eigenvalue weighted by Crippen LogP contribution is -2.53. The number of piperazine rings is 1. The van der Waals surface area contributed by atoms with E-state index in [0.717, 1.165) is 55.2 Å². The van der Waals surface area contributed by atoms with Gasteiger partial charge in [-0.3, -0.25) is 4.99 Å². The van der Waals surface area contributed by atoms with Crippen molar-refractivity contribution in [1.82, 2.24) is 15.4 Å². The summed E-state index contributed by atoms with van der Waals surface area (Å²) < 4.78 is 5.30. The van der Waals surface area contributed by atoms with Crippen molar-refractivity contribution in [3.05, 3.63) is 45.8 Å². The van der Waals surface area contributed by atoms with Crippen LogP contribution in [-0.4, -0.2) is 55.8 Å². The number of aryl methyl sites for hydroxylation is 3. The van der Waals surface area contributed by atoms with Crippen molar-refractivity contribution in [2.45, 2.75) is 33.6 Å². The molecule has 1 atom stereocenters. The smallest absolute Gasteiger partial charge is 0.193 e. The Balaban J connectivity index is 1.57. The highest BCUT2D eigenvalue weighted by Crippen LogP contribution is 2.25. The molecular formula is C21H30ClN5O. The van der Waals surface area contributed by atoms with Crippen LogP contribution < -0.4 is 10.2 Å². The lowest BCUT2D eigenvalue weighted by Gasteiger charge is -2.38. The molecule has 3 rings (SSSR count). The molecule has 6 nitrogen and oxygen atoms in total. The van der Waals surface area contributed by atoms with Crippen LogP contribution in [0.5, 0.6) is 0 Å². The highest BCUT2D eigenvalue weighted by Gasteiger charge is 2.22. The van der Waals surface area contributed by atoms with Gasteiger partial charge in [0.1, 0.15) is 5.76 Å². The number of guanidine groups is 1. The molecule has 1 saturated heterocycles. The maximum Gasteiger partial charge on any atom is 0.193 e. The van der Waals surface area contributed by atoms with Crippen LogP contribution in [0, 0.1) is 20.8 Å². The number of halogens is 1. The Hall–Kier alpha value is -2.21. The summed E-state index contributed by atoms with van der Waals surface area (Å²) in [7, 11) is 1.84. The molecule has 0 bridgehead atoms. The van der Waals surface area contributed by atoms with E-state index in [1.54, 1.807) is 0 Å². The van der Waals surface area contributed by atoms with Gasteiger partial charge in [-0.15, -0.1) is 0 Å². The zero-order chi connectivity index (χ0) is 20.3. The molecule has 2 heterocycles. The first-order chi connectivity index (χ1) is 13.4. The Labute approximate surface area is 172 Å². The molecule has 1 aromatic carbocycles. The van der Waals surface area contributed by atoms with Crippen LogP contribution in [0.3, 0.4) is 0 Å². The number of anilines is 1. The predicted molar refractivity (Wildman–Crippen MR) is 116 cm³/mol. The predicted octanol–water partition coefficient (Wildman–Crippen LogP) is 3.75. The second kappa shape index (κ2) is 8.86. The molecule has 7 heteroatoms. The fourth-order valence-electron chi connectivity index (χ4n) is 3.95. The average Bonchev–Trinajstić information content (AvgIpc) is 3.03. The quantitative estimate of drug-likeness (QED) is 0.622. The van der Waals surface area contributed by atoms with Gasteiger partial charge in [0, 0.05) is 62.0 Å². The minimum atomic E-state index is 0.304. The summed E-state index contributed by atoms with van der Waals surface area (Å²) in [6, 6.07) is 6.09. The first-order valence-corrected chi connectivity index (χ1v) is 10.2. The van der Waals surface area contributed by atoms with Crippen LogP contribution in [-0.2, 0) is 0 Å². The van der Waals surface area contributed by atoms with E-state index in [2.05, 4.69) is 51.2 Å². The summed E-state index contributed by atoms with van der Waals surface area (Å²) >= 11 is 6.20. The second-order valence-electron chi connectivity index (χ2n) is 7.47. The third-order valence-electron chi connectivity index (χ3n) is 5.45. The van der Waals surface area contributed by atoms with Crippen LogP contribution in [0.4, 0.5) is 5.69 Å². The zero-order valence-electron chi connectivity index (χ0n) is 17.4. The lowest BCUT2D eigenvalue weighted by molar-refractivity contribution is 0.371. The number of aromatic nitrogens is 1. The largest absolute Gasteiger partial charge is 0.368 e. The molecular weight excluding hydrogens is 374 g/mol. The van der Waals surface area contributed by atoms with Gasteiger partial charge in [0.15, 0.2) is 5.96 Å². The van der Waals surface area contributed by atoms with Crippen molar-refractivity contribution < 1.29 is 4.52 Å². The Kier molecular flexibility index (Phi) is 6.50. The molecule has 1 N–H and O–H groups in total. The third kappa shape index (κ3) is 4.43. The SMILES string of the molecule is CN=C(NCC(C)c1c(C)noc1C)N1CCN(c2cc(Cl)ccc2C)CC1. The van der Waals surface area contributed by atoms with Gasteiger partial charge >= 0.3 is 0 Å². The molecule has 1 aliphatic rings. The standard InChI is InChI=1S/C21H30ClN5O/c1-14-6-7-18(22)12-19(14)26-8-10-27(11-9-26)21(23-5)24-13-15(2)20-16(3)25-28-17(20)4/h6-7,12,15H,8-11,13H2,1-5H3,(H,23,24). The summed E-state index contributed by atoms with van der Waals surface area (Å²) in [5.74, 6) is 2.15. The number of nitrogens with zero attached hydrogens (tertiary/aromatic N) is 4. The van der Waals surface area contributed by atoms with Crippen molar-refractivity contribution in [3.8, 4) is 0 Å². The molecule has 1 unspecified atom stereocenters. The molecule has 0 saturated carbocycles. The van der Waals surface area contributed by atoms with E-state index >= 15 is 0 Å². The van der Waals surface area contributed by atoms with E-state index in [0.29, 0.717) is 5.92 Å². The molecule has 0 spiro atoms. The van der Waals surface area contributed by atoms with Gasteiger partial charge in [-0.1, -0.05) is 29.7 Å². The minimum absolute atomic E-state index is 0.304. The highest BCUT2D eigenvalue weighted by atomic mass is 35.5. The number of benzene rings is 1. The number of nitrogens with one attached hydrogen (secondary N) is 1. The lowest BCUT2D eigenvalue weighted by atomic mass is 10.00. The third-order valence-corrected chi connectivity index (χ3v) is 5.69. The number of hydrogen-bond donors (Lipinski definition) is 1. The molecule has 0 radical (unpaired) electrons. The van der Waals surface area contributed by atoms with Gasteiger partial charge in [-0.05, 0) is 38.5 Å². The van der Waals surface area contributed by atoms with Crippen molar-refractivity contribution in [2.75, 3.05) is 44.7 Å². The van der Waals surface area contributed by atoms with E-state index in [4.69, 9.17) is 16.1 Å². The molecule has 1 fully saturated rings. The summed E-state index contributed by atoms with van der Waals surface area (Å²) in [6.45, 7) is 12.8. The molecule has 0 amide bonds. The van der Waals surface area contributed by atoms with E-state index in [1.807, 2.05) is 27.0 Å². The van der Waals surface area contributed by atoms with Gasteiger partial charge in [0.2, 0.25) is 0 Å². The second-order valence-corrected chi connectivity index (χ2v) is 7.91. The minimum Gasteiger partial charge on any atom is -0.368 e. The Morgan fingerprint density at radius 1 is 1.25 bits per heavy atom. The van der Waals surface area contributed by atoms with Crippen LogP contribution in [0.1, 0.15) is 35.4 Å². The summed E-state index contributed by atoms with van der Waals surface area (Å²) in [5.41, 5.74) is 4.63. The normalized spacial score (nSPS) is 16.4. The van der Waals surface area contributed by atoms with Crippen molar-refractivity contribution in [2.24, 2.45) is 4.99 Å². The van der Waals surface area contributed by atoms with Crippen LogP contribution >= 0.6 is 11.6 Å². The Morgan fingerprint density at radius 2 is 1.96 bits per heavy atom. The molecule has 2 aromatic rings. The van der Waals surface area contributed by atoms with Gasteiger partial charge in [-0.25, -0.2) is 0 Å². The van der Waals surface area contributed by atoms with Gasteiger partial charge in [0.25, 0.3) is 0 Å². The number of aliphatic imine (C=N–C) groups is 1. The summed E-state index contributed by atoms with van der Waals surface area (Å²) in [4.78, 5) is 9.21. The fraction of sp³-hybridized carbons (Fsp3) is 0.524. The van der Waals surface area contributed by atoms with E-state index in [1.165, 1.54) is 16.8 Å². The van der Waals surface area contributed by atoms with E-state index < -0.39 is 0 Å². The van der Waals surface area contributed by atoms with Crippen molar-refractivity contribution in [1.29, 1.82) is 0 Å². The van der Waals surface area contributed by atoms with Gasteiger partial charge in [-0.2, -0.15) is 0 Å². The number of rotatable bonds is 4. The molecule has 0 aliphatic carbocycles. The van der Waals surface area contributed by atoms with Gasteiger partial charge < -0.3 is 19.6 Å². The monoisotopic (exact) mass is 403 g/mol. The Bertz CT molecular complexity index is 820. The number of hydrogen-bond acceptors (Lipinski definition) is 4. The average molecular weight is 404 g/mol. The van der Waals surface area contributed by atoms with Crippen LogP contribution in [0.15, 0.2) is 27.7 Å². The zero-order valence-corrected chi connectivity index (χ0v) is 18.2. The summed E-state index contributed by atoms with van der Waals surface area (Å²) in [6.07, 6.45) is 0. The van der Waals surface area contributed by atoms with E-state index in [-0.39, 0.29) is 0 Å². The molecule has 1 aliphatic heterocycles.